The van der Waals surface area contributed by atoms with Gasteiger partial charge in [-0.3, -0.25) is 0 Å². The van der Waals surface area contributed by atoms with Gasteiger partial charge in [0.25, 0.3) is 0 Å². The highest BCUT2D eigenvalue weighted by Crippen LogP contribution is 2.28. The molecule has 34 heavy (non-hydrogen) atoms. The second-order valence-electron chi connectivity index (χ2n) is 10.4. The Kier molecular flexibility index (Phi) is 9.70. The first-order chi connectivity index (χ1) is 16.7. The summed E-state index contributed by atoms with van der Waals surface area (Å²) in [7, 11) is 0. The first-order valence-corrected chi connectivity index (χ1v) is 13.7. The average Bonchev–Trinajstić information content (AvgIpc) is 2.86. The number of fused-ring (bicyclic) bond motifs is 2. The maximum absolute atomic E-state index is 10.6. The number of aliphatic hydroxyl groups is 2. The van der Waals surface area contributed by atoms with Crippen molar-refractivity contribution in [2.45, 2.75) is 89.3 Å². The number of rotatable bonds is 13. The first-order valence-electron chi connectivity index (χ1n) is 13.7. The van der Waals surface area contributed by atoms with Crippen molar-refractivity contribution in [2.24, 2.45) is 0 Å². The van der Waals surface area contributed by atoms with Crippen molar-refractivity contribution in [1.29, 1.82) is 0 Å². The van der Waals surface area contributed by atoms with Gasteiger partial charge in [0.05, 0.1) is 12.2 Å². The first kappa shape index (κ1) is 25.1. The molecule has 0 saturated heterocycles. The number of benzene rings is 2. The van der Waals surface area contributed by atoms with Crippen LogP contribution in [0.1, 0.15) is 75.3 Å². The quantitative estimate of drug-likeness (QED) is 0.371. The molecule has 2 unspecified atom stereocenters. The Bertz CT molecular complexity index is 799. The van der Waals surface area contributed by atoms with Crippen LogP contribution in [-0.4, -0.2) is 48.6 Å². The summed E-state index contributed by atoms with van der Waals surface area (Å²) >= 11 is 0. The number of unbranched alkanes of at least 4 members (excludes halogenated alkanes) is 5. The molecule has 0 saturated carbocycles. The number of aliphatic hydroxyl groups excluding tert-OH is 2. The van der Waals surface area contributed by atoms with Gasteiger partial charge >= 0.3 is 0 Å². The Hall–Kier alpha value is -2.04. The fourth-order valence-corrected chi connectivity index (χ4v) is 5.76. The van der Waals surface area contributed by atoms with Crippen LogP contribution in [0.5, 0.6) is 0 Å². The predicted molar refractivity (Wildman–Crippen MR) is 143 cm³/mol. The maximum Gasteiger partial charge on any atom is 0.0715 e. The smallest absolute Gasteiger partial charge is 0.0715 e. The number of β-amino-alcohol motifs (C(OH)–C–C–N with tert-alkyl or cyclic N) is 2. The molecule has 2 aliphatic heterocycles. The molecule has 0 spiro atoms. The summed E-state index contributed by atoms with van der Waals surface area (Å²) < 4.78 is 0. The highest BCUT2D eigenvalue weighted by molar-refractivity contribution is 5.56. The molecule has 2 heterocycles. The molecule has 2 aromatic rings. The minimum Gasteiger partial charge on any atom is -0.391 e. The molecule has 0 amide bonds. The van der Waals surface area contributed by atoms with Gasteiger partial charge in [-0.25, -0.2) is 0 Å². The fourth-order valence-electron chi connectivity index (χ4n) is 5.76. The normalized spacial score (nSPS) is 17.2. The van der Waals surface area contributed by atoms with Crippen molar-refractivity contribution in [3.05, 3.63) is 59.7 Å². The van der Waals surface area contributed by atoms with Crippen LogP contribution in [0.25, 0.3) is 0 Å². The van der Waals surface area contributed by atoms with Gasteiger partial charge in [-0.05, 0) is 61.8 Å². The summed E-state index contributed by atoms with van der Waals surface area (Å²) in [5.74, 6) is 0. The van der Waals surface area contributed by atoms with Crippen molar-refractivity contribution in [2.75, 3.05) is 36.0 Å². The summed E-state index contributed by atoms with van der Waals surface area (Å²) in [6, 6.07) is 17.3. The van der Waals surface area contributed by atoms with Gasteiger partial charge in [0.15, 0.2) is 0 Å². The zero-order chi connectivity index (χ0) is 23.6. The van der Waals surface area contributed by atoms with Crippen molar-refractivity contribution in [1.82, 2.24) is 0 Å². The highest BCUT2D eigenvalue weighted by atomic mass is 16.3. The number of aryl methyl sites for hydroxylation is 2. The molecule has 0 aromatic heterocycles. The van der Waals surface area contributed by atoms with Crippen molar-refractivity contribution >= 4 is 11.4 Å². The van der Waals surface area contributed by atoms with Gasteiger partial charge in [0, 0.05) is 37.6 Å². The largest absolute Gasteiger partial charge is 0.391 e. The SMILES string of the molecule is OC(CCCCCCCCC(O)CN1CCCc2ccccc21)CN1CCCc2ccccc21. The standard InChI is InChI=1S/C30H44N2O2/c33-27(23-31-21-11-15-25-13-7-9-19-29(25)31)17-5-3-1-2-4-6-18-28(34)24-32-22-12-16-26-14-8-10-20-30(26)32/h7-10,13-14,19-20,27-28,33-34H,1-6,11-12,15-18,21-24H2. The van der Waals surface area contributed by atoms with E-state index in [-0.39, 0.29) is 12.2 Å². The zero-order valence-corrected chi connectivity index (χ0v) is 20.9. The summed E-state index contributed by atoms with van der Waals surface area (Å²) in [4.78, 5) is 4.74. The molecule has 2 N–H and O–H groups in total. The molecule has 2 aromatic carbocycles. The molecule has 2 atom stereocenters. The van der Waals surface area contributed by atoms with Crippen LogP contribution in [0.3, 0.4) is 0 Å². The van der Waals surface area contributed by atoms with Crippen LogP contribution in [0.2, 0.25) is 0 Å². The number of para-hydroxylation sites is 2. The van der Waals surface area contributed by atoms with Crippen molar-refractivity contribution < 1.29 is 10.2 Å². The van der Waals surface area contributed by atoms with E-state index in [1.807, 2.05) is 0 Å². The third-order valence-corrected chi connectivity index (χ3v) is 7.60. The molecule has 0 radical (unpaired) electrons. The minimum atomic E-state index is -0.235. The van der Waals surface area contributed by atoms with Crippen LogP contribution in [-0.2, 0) is 12.8 Å². The fraction of sp³-hybridized carbons (Fsp3) is 0.600. The third kappa shape index (κ3) is 7.23. The second-order valence-corrected chi connectivity index (χ2v) is 10.4. The van der Waals surface area contributed by atoms with Gasteiger partial charge < -0.3 is 20.0 Å². The molecular formula is C30H44N2O2. The van der Waals surface area contributed by atoms with Crippen molar-refractivity contribution in [3.8, 4) is 0 Å². The number of anilines is 2. The van der Waals surface area contributed by atoms with E-state index in [4.69, 9.17) is 0 Å². The highest BCUT2D eigenvalue weighted by Gasteiger charge is 2.20. The van der Waals surface area contributed by atoms with E-state index in [1.54, 1.807) is 0 Å². The van der Waals surface area contributed by atoms with E-state index in [1.165, 1.54) is 61.0 Å². The monoisotopic (exact) mass is 464 g/mol. The Balaban J connectivity index is 1.03. The van der Waals surface area contributed by atoms with E-state index in [0.717, 1.165) is 64.7 Å². The lowest BCUT2D eigenvalue weighted by atomic mass is 10.00. The summed E-state index contributed by atoms with van der Waals surface area (Å²) in [6.45, 7) is 3.64. The Morgan fingerprint density at radius 1 is 0.588 bits per heavy atom. The molecule has 0 fully saturated rings. The Morgan fingerprint density at radius 2 is 1.00 bits per heavy atom. The number of hydrogen-bond acceptors (Lipinski definition) is 4. The van der Waals surface area contributed by atoms with Gasteiger partial charge in [0.1, 0.15) is 0 Å². The number of nitrogens with zero attached hydrogens (tertiary/aromatic N) is 2. The summed E-state index contributed by atoms with van der Waals surface area (Å²) in [6.07, 6.45) is 13.1. The van der Waals surface area contributed by atoms with E-state index in [0.29, 0.717) is 0 Å². The Morgan fingerprint density at radius 3 is 1.47 bits per heavy atom. The van der Waals surface area contributed by atoms with Crippen LogP contribution in [0.4, 0.5) is 11.4 Å². The zero-order valence-electron chi connectivity index (χ0n) is 20.9. The Labute approximate surface area is 206 Å². The van der Waals surface area contributed by atoms with Gasteiger partial charge in [-0.15, -0.1) is 0 Å². The number of hydrogen-bond donors (Lipinski definition) is 2. The topological polar surface area (TPSA) is 46.9 Å². The molecule has 4 heteroatoms. The van der Waals surface area contributed by atoms with Crippen LogP contribution in [0, 0.1) is 0 Å². The van der Waals surface area contributed by atoms with Crippen molar-refractivity contribution in [3.63, 3.8) is 0 Å². The van der Waals surface area contributed by atoms with E-state index in [9.17, 15) is 10.2 Å². The maximum atomic E-state index is 10.6. The molecule has 2 aliphatic rings. The lowest BCUT2D eigenvalue weighted by molar-refractivity contribution is 0.163. The van der Waals surface area contributed by atoms with Crippen LogP contribution < -0.4 is 9.80 Å². The molecule has 4 rings (SSSR count). The van der Waals surface area contributed by atoms with E-state index >= 15 is 0 Å². The molecule has 4 nitrogen and oxygen atoms in total. The molecule has 0 bridgehead atoms. The van der Waals surface area contributed by atoms with Gasteiger partial charge in [-0.2, -0.15) is 0 Å². The molecular weight excluding hydrogens is 420 g/mol. The summed E-state index contributed by atoms with van der Waals surface area (Å²) in [5, 5.41) is 21.1. The molecule has 0 aliphatic carbocycles. The summed E-state index contributed by atoms with van der Waals surface area (Å²) in [5.41, 5.74) is 5.48. The lowest BCUT2D eigenvalue weighted by Gasteiger charge is -2.33. The van der Waals surface area contributed by atoms with E-state index < -0.39 is 0 Å². The predicted octanol–water partition coefficient (Wildman–Crippen LogP) is 5.73. The second kappa shape index (κ2) is 13.2. The molecule has 186 valence electrons. The average molecular weight is 465 g/mol. The lowest BCUT2D eigenvalue weighted by Crippen LogP contribution is -2.36. The van der Waals surface area contributed by atoms with Gasteiger partial charge in [-0.1, -0.05) is 74.9 Å². The minimum absolute atomic E-state index is 0.235. The third-order valence-electron chi connectivity index (χ3n) is 7.60. The van der Waals surface area contributed by atoms with E-state index in [2.05, 4.69) is 58.3 Å². The van der Waals surface area contributed by atoms with Crippen LogP contribution in [0.15, 0.2) is 48.5 Å². The van der Waals surface area contributed by atoms with Crippen LogP contribution >= 0.6 is 0 Å². The van der Waals surface area contributed by atoms with Gasteiger partial charge in [0.2, 0.25) is 0 Å².